The Balaban J connectivity index is 1.86. The molecule has 0 aromatic rings. The summed E-state index contributed by atoms with van der Waals surface area (Å²) in [5, 5.41) is 30.0. The zero-order chi connectivity index (χ0) is 15.7. The van der Waals surface area contributed by atoms with Gasteiger partial charge < -0.3 is 24.8 Å². The molecule has 2 rings (SSSR count). The lowest BCUT2D eigenvalue weighted by Gasteiger charge is -2.36. The first-order chi connectivity index (χ1) is 9.81. The molecule has 8 atom stereocenters. The molecule has 0 radical (unpaired) electrons. The molecule has 122 valence electrons. The van der Waals surface area contributed by atoms with E-state index in [0.717, 1.165) is 5.57 Å². The number of hydrogen-bond donors (Lipinski definition) is 3. The maximum atomic E-state index is 10.3. The van der Waals surface area contributed by atoms with E-state index >= 15 is 0 Å². The van der Waals surface area contributed by atoms with Crippen LogP contribution in [0.1, 0.15) is 34.1 Å². The van der Waals surface area contributed by atoms with Crippen molar-refractivity contribution in [2.75, 3.05) is 6.61 Å². The van der Waals surface area contributed by atoms with Crippen molar-refractivity contribution in [1.29, 1.82) is 0 Å². The molecule has 2 aliphatic heterocycles. The van der Waals surface area contributed by atoms with E-state index < -0.39 is 24.4 Å². The molecule has 5 heteroatoms. The number of aliphatic hydroxyl groups is 3. The summed E-state index contributed by atoms with van der Waals surface area (Å²) in [6.07, 6.45) is 0.0529. The van der Waals surface area contributed by atoms with Gasteiger partial charge in [0.2, 0.25) is 0 Å². The molecule has 0 amide bonds. The summed E-state index contributed by atoms with van der Waals surface area (Å²) in [5.41, 5.74) is 1.06. The summed E-state index contributed by atoms with van der Waals surface area (Å²) in [7, 11) is 0. The molecule has 0 aromatic carbocycles. The summed E-state index contributed by atoms with van der Waals surface area (Å²) < 4.78 is 11.3. The molecule has 0 aromatic heterocycles. The Hall–Kier alpha value is -0.460. The van der Waals surface area contributed by atoms with E-state index in [1.54, 1.807) is 6.92 Å². The highest BCUT2D eigenvalue weighted by Crippen LogP contribution is 2.38. The number of allylic oxidation sites excluding steroid dienone is 1. The summed E-state index contributed by atoms with van der Waals surface area (Å²) >= 11 is 0. The lowest BCUT2D eigenvalue weighted by atomic mass is 9.86. The van der Waals surface area contributed by atoms with Gasteiger partial charge in [-0.3, -0.25) is 0 Å². The number of epoxide rings is 1. The van der Waals surface area contributed by atoms with Crippen molar-refractivity contribution in [2.45, 2.75) is 70.7 Å². The Bertz CT molecular complexity index is 377. The van der Waals surface area contributed by atoms with E-state index in [1.165, 1.54) is 0 Å². The second-order valence-corrected chi connectivity index (χ2v) is 6.76. The van der Waals surface area contributed by atoms with Crippen molar-refractivity contribution in [3.63, 3.8) is 0 Å². The molecule has 3 N–H and O–H groups in total. The Morgan fingerprint density at radius 3 is 2.48 bits per heavy atom. The summed E-state index contributed by atoms with van der Waals surface area (Å²) in [6.45, 7) is 8.02. The predicted octanol–water partition coefficient (Wildman–Crippen LogP) is 0.864. The molecule has 0 aliphatic carbocycles. The molecule has 2 saturated heterocycles. The van der Waals surface area contributed by atoms with Crippen molar-refractivity contribution < 1.29 is 24.8 Å². The predicted molar refractivity (Wildman–Crippen MR) is 78.8 cm³/mol. The largest absolute Gasteiger partial charge is 0.393 e. The van der Waals surface area contributed by atoms with Gasteiger partial charge in [0.1, 0.15) is 12.2 Å². The summed E-state index contributed by atoms with van der Waals surface area (Å²) in [4.78, 5) is 0. The monoisotopic (exact) mass is 300 g/mol. The lowest BCUT2D eigenvalue weighted by Crippen LogP contribution is -2.49. The van der Waals surface area contributed by atoms with Crippen molar-refractivity contribution in [2.24, 2.45) is 11.8 Å². The van der Waals surface area contributed by atoms with Crippen LogP contribution in [0.3, 0.4) is 0 Å². The van der Waals surface area contributed by atoms with Crippen molar-refractivity contribution >= 4 is 0 Å². The van der Waals surface area contributed by atoms with Gasteiger partial charge in [0, 0.05) is 11.8 Å². The molecule has 0 saturated carbocycles. The minimum atomic E-state index is -0.898. The van der Waals surface area contributed by atoms with Crippen LogP contribution in [0.15, 0.2) is 11.6 Å². The summed E-state index contributed by atoms with van der Waals surface area (Å²) in [6, 6.07) is 0. The Labute approximate surface area is 126 Å². The first-order valence-corrected chi connectivity index (χ1v) is 7.77. The van der Waals surface area contributed by atoms with E-state index in [2.05, 4.69) is 0 Å². The Morgan fingerprint density at radius 2 is 1.90 bits per heavy atom. The molecule has 5 nitrogen and oxygen atoms in total. The molecule has 0 bridgehead atoms. The van der Waals surface area contributed by atoms with E-state index in [-0.39, 0.29) is 24.0 Å². The fraction of sp³-hybridized carbons (Fsp3) is 0.875. The number of hydrogen-bond acceptors (Lipinski definition) is 5. The van der Waals surface area contributed by atoms with E-state index in [1.807, 2.05) is 26.8 Å². The number of ether oxygens (including phenoxy) is 2. The second-order valence-electron chi connectivity index (χ2n) is 6.76. The van der Waals surface area contributed by atoms with Crippen LogP contribution in [0.5, 0.6) is 0 Å². The average Bonchev–Trinajstić information content (AvgIpc) is 3.16. The molecule has 2 aliphatic rings. The average molecular weight is 300 g/mol. The van der Waals surface area contributed by atoms with Gasteiger partial charge in [-0.05, 0) is 27.2 Å². The molecule has 8 unspecified atom stereocenters. The fourth-order valence-electron chi connectivity index (χ4n) is 2.97. The molecular formula is C16H28O5. The van der Waals surface area contributed by atoms with Crippen LogP contribution in [-0.2, 0) is 9.47 Å². The van der Waals surface area contributed by atoms with Gasteiger partial charge in [-0.25, -0.2) is 0 Å². The highest BCUT2D eigenvalue weighted by Gasteiger charge is 2.48. The Morgan fingerprint density at radius 1 is 1.24 bits per heavy atom. The first kappa shape index (κ1) is 16.9. The van der Waals surface area contributed by atoms with Gasteiger partial charge in [-0.2, -0.15) is 0 Å². The van der Waals surface area contributed by atoms with Gasteiger partial charge in [0.05, 0.1) is 31.0 Å². The third-order valence-electron chi connectivity index (χ3n) is 4.61. The zero-order valence-electron chi connectivity index (χ0n) is 13.3. The van der Waals surface area contributed by atoms with E-state index in [4.69, 9.17) is 9.47 Å². The van der Waals surface area contributed by atoms with Crippen molar-refractivity contribution in [3.05, 3.63) is 11.6 Å². The van der Waals surface area contributed by atoms with Crippen molar-refractivity contribution in [3.8, 4) is 0 Å². The SMILES string of the molecule is CC(C)=CC1OCC(CC2OC2C(C)C(C)O)C(O)C1O. The van der Waals surface area contributed by atoms with Crippen LogP contribution >= 0.6 is 0 Å². The second kappa shape index (κ2) is 6.75. The van der Waals surface area contributed by atoms with Gasteiger partial charge >= 0.3 is 0 Å². The molecule has 0 spiro atoms. The third kappa shape index (κ3) is 4.05. The number of aliphatic hydroxyl groups excluding tert-OH is 3. The highest BCUT2D eigenvalue weighted by atomic mass is 16.6. The fourth-order valence-corrected chi connectivity index (χ4v) is 2.97. The zero-order valence-corrected chi connectivity index (χ0v) is 13.3. The van der Waals surface area contributed by atoms with Crippen LogP contribution in [-0.4, -0.2) is 58.6 Å². The smallest absolute Gasteiger partial charge is 0.110 e. The van der Waals surface area contributed by atoms with Crippen molar-refractivity contribution in [1.82, 2.24) is 0 Å². The molecular weight excluding hydrogens is 272 g/mol. The molecule has 21 heavy (non-hydrogen) atoms. The van der Waals surface area contributed by atoms with E-state index in [0.29, 0.717) is 13.0 Å². The minimum Gasteiger partial charge on any atom is -0.393 e. The lowest BCUT2D eigenvalue weighted by molar-refractivity contribution is -0.150. The third-order valence-corrected chi connectivity index (χ3v) is 4.61. The topological polar surface area (TPSA) is 82.5 Å². The van der Waals surface area contributed by atoms with Crippen LogP contribution in [0.2, 0.25) is 0 Å². The maximum absolute atomic E-state index is 10.3. The first-order valence-electron chi connectivity index (χ1n) is 7.77. The van der Waals surface area contributed by atoms with Gasteiger partial charge in [0.25, 0.3) is 0 Å². The number of rotatable bonds is 5. The minimum absolute atomic E-state index is 0.0462. The van der Waals surface area contributed by atoms with Crippen LogP contribution in [0.25, 0.3) is 0 Å². The highest BCUT2D eigenvalue weighted by molar-refractivity contribution is 5.05. The molecule has 2 heterocycles. The van der Waals surface area contributed by atoms with Crippen LogP contribution in [0, 0.1) is 11.8 Å². The standard InChI is InChI=1S/C16H28O5/c1-8(2)5-12-15(19)14(18)11(7-20-12)6-13-16(21-13)9(3)10(4)17/h5,9-19H,6-7H2,1-4H3. The van der Waals surface area contributed by atoms with Gasteiger partial charge in [-0.15, -0.1) is 0 Å². The maximum Gasteiger partial charge on any atom is 0.110 e. The summed E-state index contributed by atoms with van der Waals surface area (Å²) in [5.74, 6) is -0.0435. The van der Waals surface area contributed by atoms with E-state index in [9.17, 15) is 15.3 Å². The van der Waals surface area contributed by atoms with Crippen LogP contribution in [0.4, 0.5) is 0 Å². The molecule has 2 fully saturated rings. The van der Waals surface area contributed by atoms with Gasteiger partial charge in [0.15, 0.2) is 0 Å². The normalized spacial score (nSPS) is 42.2. The van der Waals surface area contributed by atoms with Gasteiger partial charge in [-0.1, -0.05) is 18.6 Å². The quantitative estimate of drug-likeness (QED) is 0.518. The van der Waals surface area contributed by atoms with Crippen LogP contribution < -0.4 is 0 Å². The Kier molecular flexibility index (Phi) is 5.43.